The molecule has 0 aromatic heterocycles. The molecule has 0 radical (unpaired) electrons. The van der Waals surface area contributed by atoms with Crippen molar-refractivity contribution in [1.82, 2.24) is 0 Å². The molecule has 0 aliphatic heterocycles. The summed E-state index contributed by atoms with van der Waals surface area (Å²) in [7, 11) is 0. The van der Waals surface area contributed by atoms with Gasteiger partial charge in [0.2, 0.25) is 0 Å². The monoisotopic (exact) mass is 240 g/mol. The Hall–Kier alpha value is -0.0900. The van der Waals surface area contributed by atoms with Crippen LogP contribution in [0.3, 0.4) is 0 Å². The highest BCUT2D eigenvalue weighted by Crippen LogP contribution is 2.07. The van der Waals surface area contributed by atoms with Crippen LogP contribution in [0.15, 0.2) is 0 Å². The van der Waals surface area contributed by atoms with Gasteiger partial charge in [0.15, 0.2) is 0 Å². The van der Waals surface area contributed by atoms with Crippen molar-refractivity contribution in [2.75, 3.05) is 0 Å². The summed E-state index contributed by atoms with van der Waals surface area (Å²) in [5.41, 5.74) is 0. The van der Waals surface area contributed by atoms with Gasteiger partial charge in [0, 0.05) is 12.8 Å². The molecule has 0 bridgehead atoms. The van der Waals surface area contributed by atoms with Crippen molar-refractivity contribution in [2.24, 2.45) is 0 Å². The Kier molecular flexibility index (Phi) is 12.9. The summed E-state index contributed by atoms with van der Waals surface area (Å²) in [5.74, 6) is 6.53. The maximum absolute atomic E-state index is 4.35. The maximum atomic E-state index is 4.35. The Morgan fingerprint density at radius 3 is 2.06 bits per heavy atom. The van der Waals surface area contributed by atoms with Gasteiger partial charge in [0.1, 0.15) is 0 Å². The van der Waals surface area contributed by atoms with E-state index in [2.05, 4.69) is 38.3 Å². The molecule has 0 aliphatic rings. The predicted octanol–water partition coefficient (Wildman–Crippen LogP) is 5.23. The topological polar surface area (TPSA) is 0 Å². The standard InChI is InChI=1S/C15H28S/c1-3-4-5-6-7-8-9-10-11-12-13-14-15(2)16/h15-16H,3-9,12-14H2,1-2H3. The van der Waals surface area contributed by atoms with Crippen molar-refractivity contribution < 1.29 is 0 Å². The number of hydrogen-bond acceptors (Lipinski definition) is 1. The molecule has 0 aromatic rings. The van der Waals surface area contributed by atoms with Crippen molar-refractivity contribution in [1.29, 1.82) is 0 Å². The van der Waals surface area contributed by atoms with E-state index in [9.17, 15) is 0 Å². The first-order chi connectivity index (χ1) is 7.77. The minimum Gasteiger partial charge on any atom is -0.176 e. The number of unbranched alkanes of at least 4 members (excludes halogenated alkanes) is 7. The summed E-state index contributed by atoms with van der Waals surface area (Å²) in [6.45, 7) is 4.41. The van der Waals surface area contributed by atoms with Gasteiger partial charge in [-0.1, -0.05) is 46.0 Å². The second kappa shape index (κ2) is 13.0. The molecule has 0 N–H and O–H groups in total. The fraction of sp³-hybridized carbons (Fsp3) is 0.867. The number of rotatable bonds is 9. The van der Waals surface area contributed by atoms with E-state index in [4.69, 9.17) is 0 Å². The first kappa shape index (κ1) is 15.9. The molecule has 0 amide bonds. The molecular weight excluding hydrogens is 212 g/mol. The van der Waals surface area contributed by atoms with E-state index in [1.165, 1.54) is 51.4 Å². The Labute approximate surface area is 108 Å². The Bertz CT molecular complexity index is 185. The average Bonchev–Trinajstić information content (AvgIpc) is 2.25. The zero-order valence-electron chi connectivity index (χ0n) is 11.1. The minimum absolute atomic E-state index is 0.528. The van der Waals surface area contributed by atoms with Crippen molar-refractivity contribution in [3.8, 4) is 11.8 Å². The molecule has 1 heteroatoms. The summed E-state index contributed by atoms with van der Waals surface area (Å²) < 4.78 is 0. The normalized spacial score (nSPS) is 11.9. The van der Waals surface area contributed by atoms with Crippen LogP contribution in [0.5, 0.6) is 0 Å². The smallest absolute Gasteiger partial charge is 0.00890 e. The summed E-state index contributed by atoms with van der Waals surface area (Å²) in [5, 5.41) is 0.528. The van der Waals surface area contributed by atoms with E-state index in [0.29, 0.717) is 5.25 Å². The van der Waals surface area contributed by atoms with Gasteiger partial charge in [0.25, 0.3) is 0 Å². The van der Waals surface area contributed by atoms with E-state index < -0.39 is 0 Å². The van der Waals surface area contributed by atoms with Gasteiger partial charge in [-0.2, -0.15) is 12.6 Å². The third-order valence-corrected chi connectivity index (χ3v) is 2.96. The minimum atomic E-state index is 0.528. The van der Waals surface area contributed by atoms with Gasteiger partial charge in [-0.15, -0.1) is 11.8 Å². The zero-order valence-corrected chi connectivity index (χ0v) is 12.0. The molecule has 94 valence electrons. The second-order valence-corrected chi connectivity index (χ2v) is 5.49. The van der Waals surface area contributed by atoms with Crippen molar-refractivity contribution in [2.45, 2.75) is 83.3 Å². The highest BCUT2D eigenvalue weighted by Gasteiger charge is 1.91. The van der Waals surface area contributed by atoms with Crippen molar-refractivity contribution in [3.05, 3.63) is 0 Å². The zero-order chi connectivity index (χ0) is 12.1. The van der Waals surface area contributed by atoms with Crippen LogP contribution in [0.2, 0.25) is 0 Å². The molecule has 0 fully saturated rings. The lowest BCUT2D eigenvalue weighted by atomic mass is 10.1. The Morgan fingerprint density at radius 2 is 1.44 bits per heavy atom. The molecule has 0 aromatic carbocycles. The Morgan fingerprint density at radius 1 is 0.875 bits per heavy atom. The molecule has 0 aliphatic carbocycles. The van der Waals surface area contributed by atoms with Crippen molar-refractivity contribution in [3.63, 3.8) is 0 Å². The van der Waals surface area contributed by atoms with E-state index in [1.807, 2.05) is 0 Å². The molecule has 0 saturated carbocycles. The maximum Gasteiger partial charge on any atom is 0.00890 e. The third-order valence-electron chi connectivity index (χ3n) is 2.70. The van der Waals surface area contributed by atoms with Crippen LogP contribution in [0.25, 0.3) is 0 Å². The molecule has 0 saturated heterocycles. The molecule has 0 spiro atoms. The summed E-state index contributed by atoms with van der Waals surface area (Å²) in [6.07, 6.45) is 12.7. The molecule has 0 heterocycles. The van der Waals surface area contributed by atoms with Crippen LogP contribution in [0, 0.1) is 11.8 Å². The summed E-state index contributed by atoms with van der Waals surface area (Å²) >= 11 is 4.35. The fourth-order valence-electron chi connectivity index (χ4n) is 1.66. The lowest BCUT2D eigenvalue weighted by Gasteiger charge is -1.98. The van der Waals surface area contributed by atoms with E-state index in [-0.39, 0.29) is 0 Å². The highest BCUT2D eigenvalue weighted by atomic mass is 32.1. The van der Waals surface area contributed by atoms with Gasteiger partial charge in [-0.3, -0.25) is 0 Å². The summed E-state index contributed by atoms with van der Waals surface area (Å²) in [4.78, 5) is 0. The third kappa shape index (κ3) is 13.9. The Balaban J connectivity index is 3.09. The van der Waals surface area contributed by atoms with Crippen LogP contribution in [-0.4, -0.2) is 5.25 Å². The molecular formula is C15H28S. The van der Waals surface area contributed by atoms with Crippen LogP contribution in [0.1, 0.15) is 78.1 Å². The van der Waals surface area contributed by atoms with Crippen LogP contribution < -0.4 is 0 Å². The van der Waals surface area contributed by atoms with Crippen LogP contribution >= 0.6 is 12.6 Å². The quantitative estimate of drug-likeness (QED) is 0.318. The number of hydrogen-bond donors (Lipinski definition) is 1. The lowest BCUT2D eigenvalue weighted by molar-refractivity contribution is 0.613. The molecule has 0 rings (SSSR count). The molecule has 0 nitrogen and oxygen atoms in total. The second-order valence-electron chi connectivity index (χ2n) is 4.61. The molecule has 16 heavy (non-hydrogen) atoms. The lowest BCUT2D eigenvalue weighted by Crippen LogP contribution is -1.88. The summed E-state index contributed by atoms with van der Waals surface area (Å²) in [6, 6.07) is 0. The first-order valence-corrected chi connectivity index (χ1v) is 7.42. The van der Waals surface area contributed by atoms with Crippen LogP contribution in [-0.2, 0) is 0 Å². The first-order valence-electron chi connectivity index (χ1n) is 6.91. The highest BCUT2D eigenvalue weighted by molar-refractivity contribution is 7.80. The van der Waals surface area contributed by atoms with E-state index >= 15 is 0 Å². The van der Waals surface area contributed by atoms with Gasteiger partial charge < -0.3 is 0 Å². The average molecular weight is 240 g/mol. The molecule has 1 unspecified atom stereocenters. The SMILES string of the molecule is CCCCCCCCC#CCCCC(C)S. The van der Waals surface area contributed by atoms with Crippen LogP contribution in [0.4, 0.5) is 0 Å². The predicted molar refractivity (Wildman–Crippen MR) is 78.1 cm³/mol. The largest absolute Gasteiger partial charge is 0.176 e. The van der Waals surface area contributed by atoms with E-state index in [0.717, 1.165) is 12.8 Å². The fourth-order valence-corrected chi connectivity index (χ4v) is 1.84. The van der Waals surface area contributed by atoms with Gasteiger partial charge in [0.05, 0.1) is 0 Å². The van der Waals surface area contributed by atoms with E-state index in [1.54, 1.807) is 0 Å². The van der Waals surface area contributed by atoms with Crippen molar-refractivity contribution >= 4 is 12.6 Å². The van der Waals surface area contributed by atoms with Gasteiger partial charge >= 0.3 is 0 Å². The van der Waals surface area contributed by atoms with Gasteiger partial charge in [-0.05, 0) is 24.5 Å². The number of thiol groups is 1. The molecule has 1 atom stereocenters. The van der Waals surface area contributed by atoms with Gasteiger partial charge in [-0.25, -0.2) is 0 Å².